The van der Waals surface area contributed by atoms with E-state index in [2.05, 4.69) is 4.98 Å². The van der Waals surface area contributed by atoms with Gasteiger partial charge < -0.3 is 10.2 Å². The summed E-state index contributed by atoms with van der Waals surface area (Å²) < 4.78 is 29.4. The minimum absolute atomic E-state index is 0.704. The molecule has 1 aromatic rings. The summed E-state index contributed by atoms with van der Waals surface area (Å²) in [5, 5.41) is 17.7. The minimum atomic E-state index is -4.53. The number of rotatable bonds is 1. The van der Waals surface area contributed by atoms with E-state index in [9.17, 15) is 8.42 Å². The molecule has 0 unspecified atom stereocenters. The number of hydrogen-bond donors (Lipinski definition) is 3. The molecule has 0 saturated carbocycles. The maximum atomic E-state index is 10.5. The van der Waals surface area contributed by atoms with Crippen molar-refractivity contribution in [2.45, 2.75) is 4.90 Å². The van der Waals surface area contributed by atoms with Crippen LogP contribution in [0, 0.1) is 0 Å². The average Bonchev–Trinajstić information content (AvgIpc) is 1.92. The summed E-state index contributed by atoms with van der Waals surface area (Å²) in [5.74, 6) is -1.61. The van der Waals surface area contributed by atoms with E-state index in [0.717, 1.165) is 12.4 Å². The van der Waals surface area contributed by atoms with Crippen LogP contribution in [0.25, 0.3) is 0 Å². The van der Waals surface area contributed by atoms with Crippen molar-refractivity contribution >= 4 is 10.1 Å². The predicted molar refractivity (Wildman–Crippen MR) is 37.4 cm³/mol. The van der Waals surface area contributed by atoms with Crippen molar-refractivity contribution in [3.8, 4) is 11.5 Å². The van der Waals surface area contributed by atoms with Crippen molar-refractivity contribution in [1.29, 1.82) is 0 Å². The van der Waals surface area contributed by atoms with Gasteiger partial charge in [-0.25, -0.2) is 0 Å². The molecule has 7 heteroatoms. The summed E-state index contributed by atoms with van der Waals surface area (Å²) in [6, 6.07) is 0. The first-order valence-corrected chi connectivity index (χ1v) is 4.20. The Morgan fingerprint density at radius 2 is 1.83 bits per heavy atom. The van der Waals surface area contributed by atoms with E-state index in [4.69, 9.17) is 14.8 Å². The Bertz CT molecular complexity index is 398. The first-order valence-electron chi connectivity index (χ1n) is 2.76. The Labute approximate surface area is 67.9 Å². The highest BCUT2D eigenvalue weighted by atomic mass is 32.2. The molecule has 0 aromatic carbocycles. The molecule has 6 nitrogen and oxygen atoms in total. The van der Waals surface area contributed by atoms with E-state index in [1.165, 1.54) is 0 Å². The second-order valence-electron chi connectivity index (χ2n) is 1.98. The molecule has 0 atom stereocenters. The average molecular weight is 191 g/mol. The van der Waals surface area contributed by atoms with Gasteiger partial charge in [0.05, 0.1) is 12.4 Å². The molecule has 0 spiro atoms. The third kappa shape index (κ3) is 1.46. The van der Waals surface area contributed by atoms with Gasteiger partial charge in [-0.1, -0.05) is 0 Å². The van der Waals surface area contributed by atoms with Gasteiger partial charge in [0.25, 0.3) is 10.1 Å². The van der Waals surface area contributed by atoms with E-state index >= 15 is 0 Å². The van der Waals surface area contributed by atoms with Crippen molar-refractivity contribution in [1.82, 2.24) is 4.98 Å². The van der Waals surface area contributed by atoms with E-state index in [-0.39, 0.29) is 0 Å². The van der Waals surface area contributed by atoms with Crippen LogP contribution in [0.3, 0.4) is 0 Å². The highest BCUT2D eigenvalue weighted by Crippen LogP contribution is 2.29. The molecule has 66 valence electrons. The highest BCUT2D eigenvalue weighted by Gasteiger charge is 2.17. The molecule has 0 amide bonds. The first kappa shape index (κ1) is 8.75. The zero-order valence-electron chi connectivity index (χ0n) is 5.67. The van der Waals surface area contributed by atoms with Gasteiger partial charge in [-0.2, -0.15) is 8.42 Å². The predicted octanol–water partition coefficient (Wildman–Crippen LogP) is -0.261. The summed E-state index contributed by atoms with van der Waals surface area (Å²) >= 11 is 0. The SMILES string of the molecule is O=S(=O)(O)c1cncc(O)c1O. The van der Waals surface area contributed by atoms with Crippen LogP contribution in [0.5, 0.6) is 11.5 Å². The summed E-state index contributed by atoms with van der Waals surface area (Å²) in [7, 11) is -4.53. The molecule has 1 rings (SSSR count). The van der Waals surface area contributed by atoms with Gasteiger partial charge in [0, 0.05) is 0 Å². The number of pyridine rings is 1. The fourth-order valence-corrected chi connectivity index (χ4v) is 1.16. The van der Waals surface area contributed by atoms with Gasteiger partial charge in [-0.15, -0.1) is 0 Å². The van der Waals surface area contributed by atoms with E-state index in [1.54, 1.807) is 0 Å². The lowest BCUT2D eigenvalue weighted by molar-refractivity contribution is 0.386. The second kappa shape index (κ2) is 2.61. The van der Waals surface area contributed by atoms with Crippen LogP contribution in [0.1, 0.15) is 0 Å². The topological polar surface area (TPSA) is 108 Å². The molecule has 0 saturated heterocycles. The van der Waals surface area contributed by atoms with Gasteiger partial charge >= 0.3 is 0 Å². The fraction of sp³-hybridized carbons (Fsp3) is 0. The van der Waals surface area contributed by atoms with E-state index < -0.39 is 26.5 Å². The fourth-order valence-electron chi connectivity index (χ4n) is 0.613. The van der Waals surface area contributed by atoms with E-state index in [1.807, 2.05) is 0 Å². The van der Waals surface area contributed by atoms with Gasteiger partial charge in [-0.3, -0.25) is 9.54 Å². The Kier molecular flexibility index (Phi) is 1.90. The van der Waals surface area contributed by atoms with E-state index in [0.29, 0.717) is 0 Å². The number of nitrogens with zero attached hydrogens (tertiary/aromatic N) is 1. The monoisotopic (exact) mass is 191 g/mol. The lowest BCUT2D eigenvalue weighted by Gasteiger charge is -2.00. The third-order valence-corrected chi connectivity index (χ3v) is 2.00. The molecule has 0 aliphatic heterocycles. The first-order chi connectivity index (χ1) is 5.43. The second-order valence-corrected chi connectivity index (χ2v) is 3.37. The summed E-state index contributed by atoms with van der Waals surface area (Å²) in [4.78, 5) is 2.45. The van der Waals surface area contributed by atoms with Crippen molar-refractivity contribution in [2.75, 3.05) is 0 Å². The third-order valence-electron chi connectivity index (χ3n) is 1.14. The Balaban J connectivity index is 3.47. The van der Waals surface area contributed by atoms with Gasteiger partial charge in [0.2, 0.25) is 0 Å². The number of hydrogen-bond acceptors (Lipinski definition) is 5. The summed E-state index contributed by atoms with van der Waals surface area (Å²) in [6.45, 7) is 0. The zero-order chi connectivity index (χ0) is 9.35. The molecule has 0 aliphatic rings. The van der Waals surface area contributed by atoms with Crippen molar-refractivity contribution in [3.63, 3.8) is 0 Å². The van der Waals surface area contributed by atoms with Crippen LogP contribution in [-0.4, -0.2) is 28.2 Å². The van der Waals surface area contributed by atoms with Crippen LogP contribution in [0.4, 0.5) is 0 Å². The molecule has 1 aromatic heterocycles. The molecule has 1 heterocycles. The maximum absolute atomic E-state index is 10.5. The molecular formula is C5H5NO5S. The van der Waals surface area contributed by atoms with Crippen molar-refractivity contribution in [3.05, 3.63) is 12.4 Å². The van der Waals surface area contributed by atoms with Crippen molar-refractivity contribution in [2.24, 2.45) is 0 Å². The van der Waals surface area contributed by atoms with Gasteiger partial charge in [-0.05, 0) is 0 Å². The van der Waals surface area contributed by atoms with Crippen LogP contribution < -0.4 is 0 Å². The number of aromatic hydroxyl groups is 2. The molecule has 0 fully saturated rings. The maximum Gasteiger partial charge on any atom is 0.299 e. The largest absolute Gasteiger partial charge is 0.503 e. The lowest BCUT2D eigenvalue weighted by atomic mass is 10.4. The van der Waals surface area contributed by atoms with Crippen LogP contribution in [0.2, 0.25) is 0 Å². The molecule has 0 radical (unpaired) electrons. The normalized spacial score (nSPS) is 11.4. The highest BCUT2D eigenvalue weighted by molar-refractivity contribution is 7.86. The smallest absolute Gasteiger partial charge is 0.299 e. The standard InChI is InChI=1S/C5H5NO5S/c7-3-1-6-2-4(5(3)8)12(9,10)11/h1-2,7H,(H,6,8)(H,9,10,11). The molecule has 0 aliphatic carbocycles. The Morgan fingerprint density at radius 3 is 2.25 bits per heavy atom. The van der Waals surface area contributed by atoms with Crippen LogP contribution in [-0.2, 0) is 10.1 Å². The van der Waals surface area contributed by atoms with Crippen LogP contribution >= 0.6 is 0 Å². The van der Waals surface area contributed by atoms with Crippen LogP contribution in [0.15, 0.2) is 17.3 Å². The zero-order valence-corrected chi connectivity index (χ0v) is 6.48. The number of aromatic nitrogens is 1. The van der Waals surface area contributed by atoms with Crippen molar-refractivity contribution < 1.29 is 23.2 Å². The Morgan fingerprint density at radius 1 is 1.25 bits per heavy atom. The summed E-state index contributed by atoms with van der Waals surface area (Å²) in [5.41, 5.74) is 0. The van der Waals surface area contributed by atoms with Gasteiger partial charge in [0.15, 0.2) is 16.4 Å². The molecule has 3 N–H and O–H groups in total. The Hall–Kier alpha value is -1.34. The van der Waals surface area contributed by atoms with Gasteiger partial charge in [0.1, 0.15) is 0 Å². The quantitative estimate of drug-likeness (QED) is 0.528. The minimum Gasteiger partial charge on any atom is -0.503 e. The summed E-state index contributed by atoms with van der Waals surface area (Å²) in [6.07, 6.45) is 1.58. The molecule has 12 heavy (non-hydrogen) atoms. The lowest BCUT2D eigenvalue weighted by Crippen LogP contribution is -1.98. The molecular weight excluding hydrogens is 186 g/mol. The molecule has 0 bridgehead atoms.